The standard InChI is InChI=1S/C17H27N3O4S/c1-14-4-6-16(7-5-14)20(25(3,22)23)15(2)17(21)18-8-9-19-10-12-24-13-11-19/h4-7,15H,8-13H2,1-3H3,(H,18,21)/t15-/m0/s1. The molecule has 1 heterocycles. The van der Waals surface area contributed by atoms with Gasteiger partial charge in [-0.15, -0.1) is 0 Å². The number of aryl methyl sites for hydroxylation is 1. The van der Waals surface area contributed by atoms with E-state index in [0.717, 1.165) is 35.8 Å². The third kappa shape index (κ3) is 5.69. The largest absolute Gasteiger partial charge is 0.379 e. The predicted molar refractivity (Wildman–Crippen MR) is 98.2 cm³/mol. The molecule has 1 amide bonds. The second-order valence-corrected chi connectivity index (χ2v) is 8.17. The number of nitrogens with one attached hydrogen (secondary N) is 1. The summed E-state index contributed by atoms with van der Waals surface area (Å²) in [6.45, 7) is 7.86. The Morgan fingerprint density at radius 2 is 1.88 bits per heavy atom. The first-order chi connectivity index (χ1) is 11.8. The molecule has 0 unspecified atom stereocenters. The molecular weight excluding hydrogens is 342 g/mol. The summed E-state index contributed by atoms with van der Waals surface area (Å²) < 4.78 is 30.9. The summed E-state index contributed by atoms with van der Waals surface area (Å²) in [7, 11) is -3.58. The van der Waals surface area contributed by atoms with Crippen molar-refractivity contribution in [2.45, 2.75) is 19.9 Å². The van der Waals surface area contributed by atoms with Crippen molar-refractivity contribution in [1.82, 2.24) is 10.2 Å². The number of hydrogen-bond donors (Lipinski definition) is 1. The van der Waals surface area contributed by atoms with Gasteiger partial charge < -0.3 is 10.1 Å². The summed E-state index contributed by atoms with van der Waals surface area (Å²) in [4.78, 5) is 14.7. The van der Waals surface area contributed by atoms with Gasteiger partial charge in [0, 0.05) is 26.2 Å². The SMILES string of the molecule is Cc1ccc(N([C@@H](C)C(=O)NCCN2CCOCC2)S(C)(=O)=O)cc1. The molecule has 1 aliphatic rings. The van der Waals surface area contributed by atoms with Crippen LogP contribution in [0.4, 0.5) is 5.69 Å². The van der Waals surface area contributed by atoms with Gasteiger partial charge in [-0.05, 0) is 26.0 Å². The van der Waals surface area contributed by atoms with Gasteiger partial charge in [0.1, 0.15) is 6.04 Å². The van der Waals surface area contributed by atoms with Crippen LogP contribution in [0.3, 0.4) is 0 Å². The van der Waals surface area contributed by atoms with E-state index in [1.165, 1.54) is 0 Å². The molecule has 1 aromatic rings. The van der Waals surface area contributed by atoms with Crippen LogP contribution in [0.25, 0.3) is 0 Å². The van der Waals surface area contributed by atoms with E-state index >= 15 is 0 Å². The number of benzene rings is 1. The topological polar surface area (TPSA) is 79.0 Å². The summed E-state index contributed by atoms with van der Waals surface area (Å²) in [5.41, 5.74) is 1.52. The van der Waals surface area contributed by atoms with E-state index in [1.807, 2.05) is 19.1 Å². The molecular formula is C17H27N3O4S. The number of hydrogen-bond acceptors (Lipinski definition) is 5. The molecule has 2 rings (SSSR count). The summed E-state index contributed by atoms with van der Waals surface area (Å²) in [5, 5.41) is 2.84. The second kappa shape index (κ2) is 8.64. The summed E-state index contributed by atoms with van der Waals surface area (Å²) in [6, 6.07) is 6.27. The van der Waals surface area contributed by atoms with Crippen molar-refractivity contribution in [3.8, 4) is 0 Å². The Morgan fingerprint density at radius 1 is 1.28 bits per heavy atom. The van der Waals surface area contributed by atoms with Crippen LogP contribution in [-0.4, -0.2) is 70.9 Å². The maximum Gasteiger partial charge on any atom is 0.243 e. The van der Waals surface area contributed by atoms with Crippen LogP contribution in [0.5, 0.6) is 0 Å². The maximum atomic E-state index is 12.5. The molecule has 1 saturated heterocycles. The smallest absolute Gasteiger partial charge is 0.243 e. The van der Waals surface area contributed by atoms with Crippen LogP contribution in [0.2, 0.25) is 0 Å². The van der Waals surface area contributed by atoms with Gasteiger partial charge in [-0.2, -0.15) is 0 Å². The van der Waals surface area contributed by atoms with E-state index in [-0.39, 0.29) is 5.91 Å². The number of anilines is 1. The number of sulfonamides is 1. The van der Waals surface area contributed by atoms with Crippen LogP contribution in [0.1, 0.15) is 12.5 Å². The third-order valence-electron chi connectivity index (χ3n) is 4.21. The molecule has 140 valence electrons. The van der Waals surface area contributed by atoms with Crippen LogP contribution < -0.4 is 9.62 Å². The average Bonchev–Trinajstić information content (AvgIpc) is 2.56. The first kappa shape index (κ1) is 19.7. The Kier molecular flexibility index (Phi) is 6.80. The van der Waals surface area contributed by atoms with Gasteiger partial charge in [0.05, 0.1) is 25.2 Å². The number of amides is 1. The minimum Gasteiger partial charge on any atom is -0.379 e. The van der Waals surface area contributed by atoms with Crippen LogP contribution in [-0.2, 0) is 19.6 Å². The Morgan fingerprint density at radius 3 is 2.44 bits per heavy atom. The molecule has 7 nitrogen and oxygen atoms in total. The normalized spacial score (nSPS) is 17.1. The molecule has 1 atom stereocenters. The molecule has 25 heavy (non-hydrogen) atoms. The van der Waals surface area contributed by atoms with Crippen molar-refractivity contribution < 1.29 is 17.9 Å². The molecule has 1 N–H and O–H groups in total. The fraction of sp³-hybridized carbons (Fsp3) is 0.588. The number of morpholine rings is 1. The molecule has 1 fully saturated rings. The van der Waals surface area contributed by atoms with Crippen LogP contribution >= 0.6 is 0 Å². The van der Waals surface area contributed by atoms with E-state index in [9.17, 15) is 13.2 Å². The molecule has 0 radical (unpaired) electrons. The van der Waals surface area contributed by atoms with Gasteiger partial charge >= 0.3 is 0 Å². The summed E-state index contributed by atoms with van der Waals surface area (Å²) in [6.07, 6.45) is 1.12. The lowest BCUT2D eigenvalue weighted by Gasteiger charge is -2.29. The second-order valence-electron chi connectivity index (χ2n) is 6.32. The predicted octanol–water partition coefficient (Wildman–Crippen LogP) is 0.598. The van der Waals surface area contributed by atoms with Crippen LogP contribution in [0, 0.1) is 6.92 Å². The van der Waals surface area contributed by atoms with E-state index in [1.54, 1.807) is 19.1 Å². The Hall–Kier alpha value is -1.64. The van der Waals surface area contributed by atoms with Crippen molar-refractivity contribution in [2.75, 3.05) is 50.0 Å². The minimum atomic E-state index is -3.58. The van der Waals surface area contributed by atoms with Crippen molar-refractivity contribution in [1.29, 1.82) is 0 Å². The summed E-state index contributed by atoms with van der Waals surface area (Å²) in [5.74, 6) is -0.306. The maximum absolute atomic E-state index is 12.5. The van der Waals surface area contributed by atoms with Crippen molar-refractivity contribution in [3.63, 3.8) is 0 Å². The van der Waals surface area contributed by atoms with E-state index in [4.69, 9.17) is 4.74 Å². The van der Waals surface area contributed by atoms with Crippen molar-refractivity contribution in [2.24, 2.45) is 0 Å². The molecule has 0 aliphatic carbocycles. The number of carbonyl (C=O) groups is 1. The first-order valence-electron chi connectivity index (χ1n) is 8.43. The first-order valence-corrected chi connectivity index (χ1v) is 10.3. The molecule has 0 spiro atoms. The monoisotopic (exact) mass is 369 g/mol. The van der Waals surface area contributed by atoms with Gasteiger partial charge in [-0.1, -0.05) is 17.7 Å². The molecule has 0 bridgehead atoms. The molecule has 0 saturated carbocycles. The van der Waals surface area contributed by atoms with Gasteiger partial charge in [0.25, 0.3) is 0 Å². The van der Waals surface area contributed by atoms with E-state index < -0.39 is 16.1 Å². The fourth-order valence-corrected chi connectivity index (χ4v) is 3.99. The summed E-state index contributed by atoms with van der Waals surface area (Å²) >= 11 is 0. The average molecular weight is 369 g/mol. The lowest BCUT2D eigenvalue weighted by Crippen LogP contribution is -2.49. The van der Waals surface area contributed by atoms with Gasteiger partial charge in [0.15, 0.2) is 0 Å². The quantitative estimate of drug-likeness (QED) is 0.761. The minimum absolute atomic E-state index is 0.306. The van der Waals surface area contributed by atoms with Crippen LogP contribution in [0.15, 0.2) is 24.3 Å². The highest BCUT2D eigenvalue weighted by molar-refractivity contribution is 7.92. The highest BCUT2D eigenvalue weighted by Gasteiger charge is 2.28. The molecule has 8 heteroatoms. The lowest BCUT2D eigenvalue weighted by atomic mass is 10.2. The van der Waals surface area contributed by atoms with E-state index in [2.05, 4.69) is 10.2 Å². The number of nitrogens with zero attached hydrogens (tertiary/aromatic N) is 2. The molecule has 1 aliphatic heterocycles. The number of ether oxygens (including phenoxy) is 1. The Labute approximate surface area is 150 Å². The molecule has 0 aromatic heterocycles. The highest BCUT2D eigenvalue weighted by atomic mass is 32.2. The zero-order valence-corrected chi connectivity index (χ0v) is 15.9. The van der Waals surface area contributed by atoms with Crippen molar-refractivity contribution in [3.05, 3.63) is 29.8 Å². The van der Waals surface area contributed by atoms with Gasteiger partial charge in [-0.3, -0.25) is 14.0 Å². The third-order valence-corrected chi connectivity index (χ3v) is 5.45. The van der Waals surface area contributed by atoms with Crippen molar-refractivity contribution >= 4 is 21.6 Å². The zero-order chi connectivity index (χ0) is 18.4. The van der Waals surface area contributed by atoms with Gasteiger partial charge in [-0.25, -0.2) is 8.42 Å². The highest BCUT2D eigenvalue weighted by Crippen LogP contribution is 2.21. The van der Waals surface area contributed by atoms with E-state index in [0.29, 0.717) is 25.4 Å². The zero-order valence-electron chi connectivity index (χ0n) is 15.1. The Balaban J connectivity index is 1.99. The lowest BCUT2D eigenvalue weighted by molar-refractivity contribution is -0.121. The Bertz CT molecular complexity index is 670. The van der Waals surface area contributed by atoms with Gasteiger partial charge in [0.2, 0.25) is 15.9 Å². The number of rotatable bonds is 7. The fourth-order valence-electron chi connectivity index (χ4n) is 2.81. The number of carbonyl (C=O) groups excluding carboxylic acids is 1. The molecule has 1 aromatic carbocycles.